The lowest BCUT2D eigenvalue weighted by Crippen LogP contribution is -2.21. The van der Waals surface area contributed by atoms with Gasteiger partial charge in [0.15, 0.2) is 0 Å². The maximum absolute atomic E-state index is 11.5. The van der Waals surface area contributed by atoms with E-state index in [0.29, 0.717) is 5.56 Å². The average molecular weight is 242 g/mol. The zero-order chi connectivity index (χ0) is 11.6. The molecule has 1 aliphatic heterocycles. The van der Waals surface area contributed by atoms with Crippen LogP contribution >= 0.6 is 0 Å². The highest BCUT2D eigenvalue weighted by Gasteiger charge is 2.32. The van der Waals surface area contributed by atoms with Gasteiger partial charge in [0.2, 0.25) is 0 Å². The van der Waals surface area contributed by atoms with Gasteiger partial charge in [0, 0.05) is 0 Å². The molecule has 2 rings (SSSR count). The number of hydrogen-bond donors (Lipinski definition) is 0. The Morgan fingerprint density at radius 2 is 2.00 bits per heavy atom. The normalized spacial score (nSPS) is 22.9. The first-order valence-electron chi connectivity index (χ1n) is 4.70. The molecule has 6 heteroatoms. The molecule has 0 spiro atoms. The zero-order valence-corrected chi connectivity index (χ0v) is 9.14. The van der Waals surface area contributed by atoms with E-state index < -0.39 is 22.2 Å². The largest absolute Gasteiger partial charge is 0.455 e. The van der Waals surface area contributed by atoms with Crippen molar-refractivity contribution in [3.63, 3.8) is 0 Å². The highest BCUT2D eigenvalue weighted by Crippen LogP contribution is 2.13. The maximum Gasteiger partial charge on any atom is 0.338 e. The van der Waals surface area contributed by atoms with Crippen LogP contribution in [0.15, 0.2) is 30.3 Å². The first-order valence-corrected chi connectivity index (χ1v) is 6.28. The van der Waals surface area contributed by atoms with E-state index in [0.717, 1.165) is 0 Å². The van der Waals surface area contributed by atoms with Crippen LogP contribution in [-0.4, -0.2) is 32.9 Å². The molecule has 0 amide bonds. The molecule has 86 valence electrons. The van der Waals surface area contributed by atoms with Crippen LogP contribution in [0.4, 0.5) is 0 Å². The van der Waals surface area contributed by atoms with Crippen molar-refractivity contribution in [2.45, 2.75) is 6.10 Å². The van der Waals surface area contributed by atoms with E-state index >= 15 is 0 Å². The van der Waals surface area contributed by atoms with Crippen molar-refractivity contribution in [3.05, 3.63) is 35.9 Å². The van der Waals surface area contributed by atoms with Crippen LogP contribution in [0.3, 0.4) is 0 Å². The van der Waals surface area contributed by atoms with Crippen LogP contribution in [0.5, 0.6) is 0 Å². The van der Waals surface area contributed by atoms with Crippen molar-refractivity contribution in [2.75, 3.05) is 12.4 Å². The molecule has 0 N–H and O–H groups in total. The Kier molecular flexibility index (Phi) is 2.93. The lowest BCUT2D eigenvalue weighted by atomic mass is 10.2. The van der Waals surface area contributed by atoms with Gasteiger partial charge in [-0.1, -0.05) is 18.2 Å². The van der Waals surface area contributed by atoms with Gasteiger partial charge in [0.1, 0.15) is 18.5 Å². The molecule has 1 fully saturated rings. The summed E-state index contributed by atoms with van der Waals surface area (Å²) < 4.78 is 31.4. The molecule has 1 aliphatic rings. The molecule has 0 saturated carbocycles. The summed E-state index contributed by atoms with van der Waals surface area (Å²) >= 11 is 0. The molecule has 1 aromatic rings. The Hall–Kier alpha value is -1.40. The standard InChI is InChI=1S/C10H10O5S/c11-10(8-4-2-1-3-5-8)15-9-6-14-16(12,13)7-9/h1-5,9H,6-7H2. The number of hydrogen-bond acceptors (Lipinski definition) is 5. The molecule has 0 aromatic heterocycles. The van der Waals surface area contributed by atoms with E-state index in [-0.39, 0.29) is 12.4 Å². The van der Waals surface area contributed by atoms with E-state index in [2.05, 4.69) is 4.18 Å². The van der Waals surface area contributed by atoms with Gasteiger partial charge in [0.25, 0.3) is 10.1 Å². The summed E-state index contributed by atoms with van der Waals surface area (Å²) in [7, 11) is -3.50. The summed E-state index contributed by atoms with van der Waals surface area (Å²) in [5.74, 6) is -0.808. The van der Waals surface area contributed by atoms with Gasteiger partial charge >= 0.3 is 5.97 Å². The van der Waals surface area contributed by atoms with Crippen LogP contribution in [-0.2, 0) is 19.0 Å². The van der Waals surface area contributed by atoms with E-state index in [4.69, 9.17) is 4.74 Å². The van der Waals surface area contributed by atoms with Crippen molar-refractivity contribution in [2.24, 2.45) is 0 Å². The predicted molar refractivity (Wildman–Crippen MR) is 55.4 cm³/mol. The fourth-order valence-corrected chi connectivity index (χ4v) is 2.44. The predicted octanol–water partition coefficient (Wildman–Crippen LogP) is 0.572. The van der Waals surface area contributed by atoms with Gasteiger partial charge in [-0.25, -0.2) is 4.79 Å². The molecule has 5 nitrogen and oxygen atoms in total. The third-order valence-corrected chi connectivity index (χ3v) is 3.38. The zero-order valence-electron chi connectivity index (χ0n) is 8.33. The van der Waals surface area contributed by atoms with Gasteiger partial charge in [-0.2, -0.15) is 8.42 Å². The number of carbonyl (C=O) groups is 1. The lowest BCUT2D eigenvalue weighted by Gasteiger charge is -2.08. The van der Waals surface area contributed by atoms with E-state index in [9.17, 15) is 13.2 Å². The quantitative estimate of drug-likeness (QED) is 0.560. The molecular weight excluding hydrogens is 232 g/mol. The minimum Gasteiger partial charge on any atom is -0.455 e. The second-order valence-corrected chi connectivity index (χ2v) is 5.09. The molecule has 16 heavy (non-hydrogen) atoms. The molecular formula is C10H10O5S. The topological polar surface area (TPSA) is 69.7 Å². The van der Waals surface area contributed by atoms with Crippen molar-refractivity contribution in [3.8, 4) is 0 Å². The van der Waals surface area contributed by atoms with Crippen LogP contribution in [0, 0.1) is 0 Å². The van der Waals surface area contributed by atoms with Gasteiger partial charge in [-0.3, -0.25) is 4.18 Å². The number of benzene rings is 1. The fourth-order valence-electron chi connectivity index (χ4n) is 1.37. The molecule has 0 aliphatic carbocycles. The van der Waals surface area contributed by atoms with Crippen molar-refractivity contribution in [1.29, 1.82) is 0 Å². The minimum absolute atomic E-state index is 0.0963. The molecule has 1 heterocycles. The molecule has 1 unspecified atom stereocenters. The summed E-state index contributed by atoms with van der Waals surface area (Å²) in [5, 5.41) is 0. The first-order chi connectivity index (χ1) is 7.57. The summed E-state index contributed by atoms with van der Waals surface area (Å²) in [6.45, 7) is -0.0963. The molecule has 1 saturated heterocycles. The number of esters is 1. The Morgan fingerprint density at radius 1 is 1.31 bits per heavy atom. The van der Waals surface area contributed by atoms with Crippen LogP contribution in [0.25, 0.3) is 0 Å². The SMILES string of the molecule is O=C(OC1COS(=O)(=O)C1)c1ccccc1. The van der Waals surface area contributed by atoms with Gasteiger partial charge in [-0.15, -0.1) is 0 Å². The van der Waals surface area contributed by atoms with Crippen molar-refractivity contribution >= 4 is 16.1 Å². The second-order valence-electron chi connectivity index (χ2n) is 3.40. The van der Waals surface area contributed by atoms with Gasteiger partial charge in [0.05, 0.1) is 5.56 Å². The Labute approximate surface area is 93.1 Å². The fraction of sp³-hybridized carbons (Fsp3) is 0.300. The Bertz CT molecular complexity index is 479. The minimum atomic E-state index is -3.50. The lowest BCUT2D eigenvalue weighted by molar-refractivity contribution is 0.0302. The highest BCUT2D eigenvalue weighted by molar-refractivity contribution is 7.87. The van der Waals surface area contributed by atoms with E-state index in [1.807, 2.05) is 0 Å². The highest BCUT2D eigenvalue weighted by atomic mass is 32.2. The van der Waals surface area contributed by atoms with Crippen LogP contribution < -0.4 is 0 Å². The third-order valence-electron chi connectivity index (χ3n) is 2.11. The smallest absolute Gasteiger partial charge is 0.338 e. The average Bonchev–Trinajstić information content (AvgIpc) is 2.59. The van der Waals surface area contributed by atoms with E-state index in [1.54, 1.807) is 30.3 Å². The van der Waals surface area contributed by atoms with Crippen LogP contribution in [0.2, 0.25) is 0 Å². The van der Waals surface area contributed by atoms with Crippen LogP contribution in [0.1, 0.15) is 10.4 Å². The summed E-state index contributed by atoms with van der Waals surface area (Å²) in [5.41, 5.74) is 0.395. The number of ether oxygens (including phenoxy) is 1. The first kappa shape index (κ1) is 11.1. The van der Waals surface area contributed by atoms with Gasteiger partial charge in [-0.05, 0) is 12.1 Å². The molecule has 1 atom stereocenters. The number of rotatable bonds is 2. The summed E-state index contributed by atoms with van der Waals surface area (Å²) in [6.07, 6.45) is -0.710. The second kappa shape index (κ2) is 4.23. The third kappa shape index (κ3) is 2.59. The van der Waals surface area contributed by atoms with Gasteiger partial charge < -0.3 is 4.74 Å². The number of carbonyl (C=O) groups excluding carboxylic acids is 1. The summed E-state index contributed by atoms with van der Waals surface area (Å²) in [4.78, 5) is 11.5. The van der Waals surface area contributed by atoms with E-state index in [1.165, 1.54) is 0 Å². The monoisotopic (exact) mass is 242 g/mol. The molecule has 1 aromatic carbocycles. The van der Waals surface area contributed by atoms with Crippen molar-refractivity contribution in [1.82, 2.24) is 0 Å². The Balaban J connectivity index is 1.99. The molecule has 0 bridgehead atoms. The molecule has 0 radical (unpaired) electrons. The van der Waals surface area contributed by atoms with Crippen molar-refractivity contribution < 1.29 is 22.1 Å². The summed E-state index contributed by atoms with van der Waals surface area (Å²) in [6, 6.07) is 8.40. The maximum atomic E-state index is 11.5. The Morgan fingerprint density at radius 3 is 2.56 bits per heavy atom.